The number of quaternary nitrogens is 1. The highest BCUT2D eigenvalue weighted by atomic mass is 31.2. The van der Waals surface area contributed by atoms with Crippen LogP contribution in [0.3, 0.4) is 0 Å². The number of ether oxygens (including phenoxy) is 2. The number of phosphoric ester groups is 1. The fourth-order valence-corrected chi connectivity index (χ4v) is 8.73. The van der Waals surface area contributed by atoms with Crippen molar-refractivity contribution < 1.29 is 42.1 Å². The van der Waals surface area contributed by atoms with Gasteiger partial charge in [0, 0.05) is 12.8 Å². The molecule has 0 aromatic heterocycles. The fraction of sp³-hybridized carbons (Fsp3) is 0.568. The first kappa shape index (κ1) is 79.1. The van der Waals surface area contributed by atoms with Gasteiger partial charge in [0.2, 0.25) is 0 Å². The van der Waals surface area contributed by atoms with Crippen LogP contribution >= 0.6 is 7.82 Å². The van der Waals surface area contributed by atoms with E-state index in [0.717, 1.165) is 167 Å². The maximum atomic E-state index is 12.8. The number of allylic oxidation sites excluding steroid dienone is 30. The molecule has 0 bridgehead atoms. The van der Waals surface area contributed by atoms with Crippen molar-refractivity contribution in [2.75, 3.05) is 47.5 Å². The molecule has 0 amide bonds. The van der Waals surface area contributed by atoms with Gasteiger partial charge in [-0.3, -0.25) is 14.2 Å². The number of rotatable bonds is 57. The second-order valence-corrected chi connectivity index (χ2v) is 23.4. The van der Waals surface area contributed by atoms with Gasteiger partial charge >= 0.3 is 11.9 Å². The summed E-state index contributed by atoms with van der Waals surface area (Å²) < 4.78 is 34.2. The van der Waals surface area contributed by atoms with Crippen molar-refractivity contribution in [3.8, 4) is 0 Å². The van der Waals surface area contributed by atoms with Gasteiger partial charge in [0.1, 0.15) is 19.8 Å². The van der Waals surface area contributed by atoms with Crippen molar-refractivity contribution in [1.29, 1.82) is 0 Å². The van der Waals surface area contributed by atoms with Crippen LogP contribution in [-0.2, 0) is 32.7 Å². The Morgan fingerprint density at radius 3 is 0.952 bits per heavy atom. The van der Waals surface area contributed by atoms with Gasteiger partial charge in [-0.1, -0.05) is 254 Å². The molecule has 0 saturated carbocycles. The Hall–Kier alpha value is -4.89. The van der Waals surface area contributed by atoms with Gasteiger partial charge in [-0.2, -0.15) is 0 Å². The number of carbonyl (C=O) groups is 2. The van der Waals surface area contributed by atoms with E-state index in [-0.39, 0.29) is 26.1 Å². The highest BCUT2D eigenvalue weighted by Crippen LogP contribution is 2.38. The average molecular weight is 1180 g/mol. The number of unbranched alkanes of at least 4 members (excludes halogenated alkanes) is 13. The van der Waals surface area contributed by atoms with E-state index >= 15 is 0 Å². The molecule has 0 rings (SSSR count). The zero-order valence-corrected chi connectivity index (χ0v) is 54.4. The van der Waals surface area contributed by atoms with Crippen molar-refractivity contribution in [3.63, 3.8) is 0 Å². The topological polar surface area (TPSA) is 111 Å². The monoisotopic (exact) mass is 1180 g/mol. The minimum absolute atomic E-state index is 0.0458. The second kappa shape index (κ2) is 62.6. The van der Waals surface area contributed by atoms with Crippen LogP contribution in [0, 0.1) is 0 Å². The van der Waals surface area contributed by atoms with Gasteiger partial charge in [0.15, 0.2) is 6.10 Å². The molecule has 2 unspecified atom stereocenters. The van der Waals surface area contributed by atoms with Crippen molar-refractivity contribution in [1.82, 2.24) is 0 Å². The largest absolute Gasteiger partial charge is 0.756 e. The minimum atomic E-state index is -4.66. The summed E-state index contributed by atoms with van der Waals surface area (Å²) in [5.41, 5.74) is 0. The van der Waals surface area contributed by atoms with Crippen molar-refractivity contribution in [3.05, 3.63) is 182 Å². The molecule has 0 saturated heterocycles. The lowest BCUT2D eigenvalue weighted by atomic mass is 10.1. The minimum Gasteiger partial charge on any atom is -0.756 e. The molecular weight excluding hydrogens is 1060 g/mol. The smallest absolute Gasteiger partial charge is 0.306 e. The molecule has 472 valence electrons. The molecule has 0 spiro atoms. The maximum absolute atomic E-state index is 12.8. The Kier molecular flexibility index (Phi) is 59.0. The highest BCUT2D eigenvalue weighted by Gasteiger charge is 2.22. The summed E-state index contributed by atoms with van der Waals surface area (Å²) in [6.45, 7) is 3.95. The molecule has 10 heteroatoms. The molecule has 0 N–H and O–H groups in total. The van der Waals surface area contributed by atoms with E-state index in [4.69, 9.17) is 18.5 Å². The Morgan fingerprint density at radius 2 is 0.643 bits per heavy atom. The Labute approximate surface area is 514 Å². The number of hydrogen-bond donors (Lipinski definition) is 0. The summed E-state index contributed by atoms with van der Waals surface area (Å²) >= 11 is 0. The number of carbonyl (C=O) groups excluding carboxylic acids is 2. The molecule has 9 nitrogen and oxygen atoms in total. The molecule has 0 aliphatic heterocycles. The average Bonchev–Trinajstić information content (AvgIpc) is 3.61. The molecule has 0 heterocycles. The van der Waals surface area contributed by atoms with Crippen LogP contribution in [0.5, 0.6) is 0 Å². The number of hydrogen-bond acceptors (Lipinski definition) is 8. The number of nitrogens with zero attached hydrogens (tertiary/aromatic N) is 1. The molecule has 84 heavy (non-hydrogen) atoms. The van der Waals surface area contributed by atoms with E-state index in [0.29, 0.717) is 23.9 Å². The summed E-state index contributed by atoms with van der Waals surface area (Å²) in [6.07, 6.45) is 96.7. The van der Waals surface area contributed by atoms with Gasteiger partial charge in [0.25, 0.3) is 7.82 Å². The van der Waals surface area contributed by atoms with Crippen LogP contribution < -0.4 is 4.89 Å². The molecule has 2 atom stereocenters. The van der Waals surface area contributed by atoms with E-state index < -0.39 is 32.5 Å². The second-order valence-electron chi connectivity index (χ2n) is 22.0. The lowest BCUT2D eigenvalue weighted by molar-refractivity contribution is -0.870. The number of phosphoric acid groups is 1. The van der Waals surface area contributed by atoms with E-state index in [1.165, 1.54) is 12.8 Å². The van der Waals surface area contributed by atoms with Gasteiger partial charge in [-0.05, 0) is 135 Å². The summed E-state index contributed by atoms with van der Waals surface area (Å²) in [4.78, 5) is 37.9. The maximum Gasteiger partial charge on any atom is 0.306 e. The number of likely N-dealkylation sites (N-methyl/N-ethyl adjacent to an activating group) is 1. The first-order valence-corrected chi connectivity index (χ1v) is 34.0. The third-order valence-electron chi connectivity index (χ3n) is 12.9. The van der Waals surface area contributed by atoms with Crippen molar-refractivity contribution in [2.24, 2.45) is 0 Å². The summed E-state index contributed by atoms with van der Waals surface area (Å²) in [7, 11) is 1.12. The lowest BCUT2D eigenvalue weighted by Crippen LogP contribution is -2.37. The zero-order valence-electron chi connectivity index (χ0n) is 53.5. The van der Waals surface area contributed by atoms with Crippen LogP contribution in [0.25, 0.3) is 0 Å². The number of esters is 2. The molecule has 0 fully saturated rings. The lowest BCUT2D eigenvalue weighted by Gasteiger charge is -2.28. The van der Waals surface area contributed by atoms with Crippen LogP contribution in [0.1, 0.15) is 219 Å². The predicted octanol–water partition coefficient (Wildman–Crippen LogP) is 20.5. The van der Waals surface area contributed by atoms with Crippen LogP contribution in [-0.4, -0.2) is 70.0 Å². The first-order chi connectivity index (χ1) is 41.0. The van der Waals surface area contributed by atoms with Crippen LogP contribution in [0.4, 0.5) is 0 Å². The quantitative estimate of drug-likeness (QED) is 0.0195. The van der Waals surface area contributed by atoms with E-state index in [1.54, 1.807) is 0 Å². The Bertz CT molecular complexity index is 2070. The Balaban J connectivity index is 4.17. The normalized spacial score (nSPS) is 14.4. The van der Waals surface area contributed by atoms with E-state index in [9.17, 15) is 19.0 Å². The molecule has 0 aliphatic carbocycles. The van der Waals surface area contributed by atoms with Crippen molar-refractivity contribution >= 4 is 19.8 Å². The third-order valence-corrected chi connectivity index (χ3v) is 13.9. The standard InChI is InChI=1S/C74H118NO8P/c1-6-8-10-12-14-16-18-20-22-24-26-27-28-29-30-31-32-33-34-35-36-37-38-39-40-41-42-43-44-45-46-47-49-51-53-55-57-59-61-63-65-67-74(77)83-72(71-82-84(78,79)81-69-68-75(3,4)5)70-80-73(76)66-64-62-60-58-56-54-52-50-48-25-23-21-19-17-15-13-11-9-7-2/h8-11,14-17,20-23,26-27,29-30,32-33,35-36,38-39,41-42,44-45,47-50,72H,6-7,12-13,18-19,24-25,28,31,34,37,40,43,46,51-71H2,1-5H3/b10-8-,11-9-,16-14-,17-15-,22-20-,23-21-,27-26-,30-29-,33-32-,36-35-,39-38-,42-41-,45-44-,49-47-,50-48-. The van der Waals surface area contributed by atoms with E-state index in [2.05, 4.69) is 196 Å². The molecule has 0 aliphatic rings. The molecule has 0 radical (unpaired) electrons. The van der Waals surface area contributed by atoms with E-state index in [1.807, 2.05) is 21.1 Å². The van der Waals surface area contributed by atoms with Gasteiger partial charge in [-0.25, -0.2) is 0 Å². The zero-order chi connectivity index (χ0) is 61.2. The highest BCUT2D eigenvalue weighted by molar-refractivity contribution is 7.45. The molecular formula is C74H118NO8P. The fourth-order valence-electron chi connectivity index (χ4n) is 8.00. The van der Waals surface area contributed by atoms with Gasteiger partial charge in [0.05, 0.1) is 27.7 Å². The Morgan fingerprint density at radius 1 is 0.369 bits per heavy atom. The molecule has 0 aromatic rings. The third kappa shape index (κ3) is 66.3. The molecule has 0 aromatic carbocycles. The SMILES string of the molecule is CC/C=C\C/C=C\C/C=C\C/C=C\C/C=C\C/C=C\C/C=C\C/C=C\C/C=C\C/C=C\C/C=C\CCCCCCCCCC(=O)OC(COC(=O)CCCCCCCC/C=C\C/C=C\C/C=C\C/C=C\CC)COP(=O)([O-])OCC[N+](C)(C)C. The summed E-state index contributed by atoms with van der Waals surface area (Å²) in [6, 6.07) is 0. The summed E-state index contributed by atoms with van der Waals surface area (Å²) in [5.74, 6) is -0.877. The van der Waals surface area contributed by atoms with Gasteiger partial charge in [-0.15, -0.1) is 0 Å². The van der Waals surface area contributed by atoms with Gasteiger partial charge < -0.3 is 27.9 Å². The first-order valence-electron chi connectivity index (χ1n) is 32.5. The van der Waals surface area contributed by atoms with Crippen LogP contribution in [0.15, 0.2) is 182 Å². The van der Waals surface area contributed by atoms with Crippen molar-refractivity contribution in [2.45, 2.75) is 225 Å². The summed E-state index contributed by atoms with van der Waals surface area (Å²) in [5, 5.41) is 0. The van der Waals surface area contributed by atoms with Crippen LogP contribution in [0.2, 0.25) is 0 Å². The predicted molar refractivity (Wildman–Crippen MR) is 359 cm³/mol.